The van der Waals surface area contributed by atoms with Crippen LogP contribution in [-0.4, -0.2) is 51.9 Å². The van der Waals surface area contributed by atoms with Gasteiger partial charge in [-0.15, -0.1) is 21.5 Å². The van der Waals surface area contributed by atoms with Crippen molar-refractivity contribution in [1.82, 2.24) is 25.0 Å². The number of halogens is 1. The topological polar surface area (TPSA) is 72.3 Å². The van der Waals surface area contributed by atoms with Gasteiger partial charge in [0.1, 0.15) is 10.8 Å². The molecule has 1 fully saturated rings. The zero-order valence-corrected chi connectivity index (χ0v) is 20.3. The lowest BCUT2D eigenvalue weighted by Gasteiger charge is -2.29. The van der Waals surface area contributed by atoms with Gasteiger partial charge in [-0.2, -0.15) is 0 Å². The van der Waals surface area contributed by atoms with Crippen molar-refractivity contribution >= 4 is 28.8 Å². The number of nitrogens with zero attached hydrogens (tertiary/aromatic N) is 4. The maximum absolute atomic E-state index is 12.9. The second-order valence-corrected chi connectivity index (χ2v) is 9.97. The number of rotatable bonds is 2. The molecule has 7 nitrogen and oxygen atoms in total. The fourth-order valence-electron chi connectivity index (χ4n) is 4.71. The summed E-state index contributed by atoms with van der Waals surface area (Å²) in [6.45, 7) is 6.48. The number of nitrogens with one attached hydrogen (secondary N) is 1. The molecule has 1 saturated heterocycles. The van der Waals surface area contributed by atoms with Crippen molar-refractivity contribution in [3.63, 3.8) is 0 Å². The number of ether oxygens (including phenoxy) is 1. The molecule has 3 aliphatic rings. The lowest BCUT2D eigenvalue weighted by molar-refractivity contribution is -0.139. The molecule has 33 heavy (non-hydrogen) atoms. The minimum Gasteiger partial charge on any atom is -0.378 e. The number of aryl methyl sites for hydroxylation is 1. The SMILES string of the molecule is CCc1nnc2n1-c1sc3c(c1CNC2)C[C@@H](C(=O)N1CCOCC1)C3.Clc1ccccc1. The van der Waals surface area contributed by atoms with E-state index in [0.717, 1.165) is 62.1 Å². The molecule has 1 N–H and O–H groups in total. The predicted octanol–water partition coefficient (Wildman–Crippen LogP) is 3.41. The summed E-state index contributed by atoms with van der Waals surface area (Å²) in [4.78, 5) is 16.2. The van der Waals surface area contributed by atoms with Gasteiger partial charge < -0.3 is 15.0 Å². The Labute approximate surface area is 202 Å². The zero-order chi connectivity index (χ0) is 22.8. The molecular formula is C24H28ClN5O2S. The normalized spacial score (nSPS) is 19.1. The first-order valence-corrected chi connectivity index (χ1v) is 12.7. The Kier molecular flexibility index (Phi) is 6.78. The lowest BCUT2D eigenvalue weighted by atomic mass is 10.0. The van der Waals surface area contributed by atoms with Crippen molar-refractivity contribution in [3.05, 3.63) is 63.0 Å². The number of hydrogen-bond donors (Lipinski definition) is 1. The van der Waals surface area contributed by atoms with E-state index in [0.29, 0.717) is 19.1 Å². The number of fused-ring (bicyclic) bond motifs is 5. The van der Waals surface area contributed by atoms with Gasteiger partial charge in [0.15, 0.2) is 5.82 Å². The van der Waals surface area contributed by atoms with E-state index in [2.05, 4.69) is 27.0 Å². The van der Waals surface area contributed by atoms with Gasteiger partial charge in [0, 0.05) is 47.4 Å². The van der Waals surface area contributed by atoms with E-state index in [-0.39, 0.29) is 5.92 Å². The summed E-state index contributed by atoms with van der Waals surface area (Å²) in [5.74, 6) is 2.40. The monoisotopic (exact) mass is 485 g/mol. The number of morpholine rings is 1. The summed E-state index contributed by atoms with van der Waals surface area (Å²) in [7, 11) is 0. The first-order chi connectivity index (χ1) is 16.2. The molecule has 4 heterocycles. The Bertz CT molecular complexity index is 1120. The quantitative estimate of drug-likeness (QED) is 0.602. The smallest absolute Gasteiger partial charge is 0.226 e. The first-order valence-electron chi connectivity index (χ1n) is 11.5. The van der Waals surface area contributed by atoms with Crippen molar-refractivity contribution in [2.24, 2.45) is 5.92 Å². The molecule has 1 atom stereocenters. The number of hydrogen-bond acceptors (Lipinski definition) is 6. The zero-order valence-electron chi connectivity index (χ0n) is 18.7. The van der Waals surface area contributed by atoms with Gasteiger partial charge in [-0.05, 0) is 30.5 Å². The van der Waals surface area contributed by atoms with E-state index in [1.54, 1.807) is 0 Å². The molecule has 1 aliphatic carbocycles. The number of aromatic nitrogens is 3. The third-order valence-electron chi connectivity index (χ3n) is 6.37. The highest BCUT2D eigenvalue weighted by Crippen LogP contribution is 2.42. The molecule has 0 spiro atoms. The Hall–Kier alpha value is -2.26. The predicted molar refractivity (Wildman–Crippen MR) is 129 cm³/mol. The van der Waals surface area contributed by atoms with Gasteiger partial charge in [-0.1, -0.05) is 36.7 Å². The highest BCUT2D eigenvalue weighted by Gasteiger charge is 2.36. The molecule has 9 heteroatoms. The molecule has 3 aromatic rings. The Morgan fingerprint density at radius 2 is 1.94 bits per heavy atom. The molecule has 2 aromatic heterocycles. The highest BCUT2D eigenvalue weighted by molar-refractivity contribution is 7.15. The number of carbonyl (C=O) groups is 1. The molecule has 1 amide bonds. The maximum atomic E-state index is 12.9. The van der Waals surface area contributed by atoms with E-state index >= 15 is 0 Å². The second-order valence-electron chi connectivity index (χ2n) is 8.45. The summed E-state index contributed by atoms with van der Waals surface area (Å²) in [5.41, 5.74) is 2.73. The van der Waals surface area contributed by atoms with Gasteiger partial charge in [0.2, 0.25) is 5.91 Å². The lowest BCUT2D eigenvalue weighted by Crippen LogP contribution is -2.44. The Morgan fingerprint density at radius 1 is 1.15 bits per heavy atom. The van der Waals surface area contributed by atoms with Gasteiger partial charge in [-0.25, -0.2) is 0 Å². The van der Waals surface area contributed by atoms with E-state index in [1.807, 2.05) is 46.6 Å². The summed E-state index contributed by atoms with van der Waals surface area (Å²) in [5, 5.41) is 14.3. The summed E-state index contributed by atoms with van der Waals surface area (Å²) in [6, 6.07) is 9.44. The first kappa shape index (κ1) is 22.5. The van der Waals surface area contributed by atoms with Crippen molar-refractivity contribution < 1.29 is 9.53 Å². The molecular weight excluding hydrogens is 458 g/mol. The summed E-state index contributed by atoms with van der Waals surface area (Å²) in [6.07, 6.45) is 2.59. The third kappa shape index (κ3) is 4.57. The largest absolute Gasteiger partial charge is 0.378 e. The van der Waals surface area contributed by atoms with Crippen LogP contribution < -0.4 is 5.32 Å². The van der Waals surface area contributed by atoms with Crippen LogP contribution in [0.1, 0.15) is 34.6 Å². The average Bonchev–Trinajstić information content (AvgIpc) is 3.50. The molecule has 0 bridgehead atoms. The van der Waals surface area contributed by atoms with Crippen LogP contribution in [0, 0.1) is 5.92 Å². The van der Waals surface area contributed by atoms with Crippen LogP contribution in [0.3, 0.4) is 0 Å². The number of thiophene rings is 1. The molecule has 0 unspecified atom stereocenters. The van der Waals surface area contributed by atoms with Crippen molar-refractivity contribution in [2.45, 2.75) is 39.3 Å². The van der Waals surface area contributed by atoms with Crippen LogP contribution in [0.2, 0.25) is 5.02 Å². The van der Waals surface area contributed by atoms with Crippen LogP contribution in [0.15, 0.2) is 30.3 Å². The van der Waals surface area contributed by atoms with Crippen molar-refractivity contribution in [1.29, 1.82) is 0 Å². The van der Waals surface area contributed by atoms with Crippen LogP contribution in [0.4, 0.5) is 0 Å². The molecule has 1 aromatic carbocycles. The van der Waals surface area contributed by atoms with Crippen LogP contribution in [0.5, 0.6) is 0 Å². The second kappa shape index (κ2) is 9.93. The standard InChI is InChI=1S/C18H23N5O2S.C6H5Cl/c1-2-15-20-21-16-10-19-9-13-12-7-11(8-14(12)26-18(13)23(15)16)17(24)22-3-5-25-6-4-22;7-6-4-2-1-3-5-6/h11,19H,2-10H2,1H3;1-5H/t11-;/m1./s1. The number of carbonyl (C=O) groups excluding carboxylic acids is 1. The Balaban J connectivity index is 0.000000281. The average molecular weight is 486 g/mol. The van der Waals surface area contributed by atoms with Gasteiger partial charge in [0.05, 0.1) is 19.8 Å². The van der Waals surface area contributed by atoms with Crippen LogP contribution in [-0.2, 0) is 41.9 Å². The molecule has 2 aliphatic heterocycles. The molecule has 0 saturated carbocycles. The fraction of sp³-hybridized carbons (Fsp3) is 0.458. The molecule has 6 rings (SSSR count). The van der Waals surface area contributed by atoms with Gasteiger partial charge >= 0.3 is 0 Å². The minimum absolute atomic E-state index is 0.0916. The summed E-state index contributed by atoms with van der Waals surface area (Å²) < 4.78 is 7.61. The van der Waals surface area contributed by atoms with E-state index in [1.165, 1.54) is 21.0 Å². The van der Waals surface area contributed by atoms with Crippen LogP contribution in [0.25, 0.3) is 5.00 Å². The van der Waals surface area contributed by atoms with E-state index in [9.17, 15) is 4.79 Å². The number of benzene rings is 1. The fourth-order valence-corrected chi connectivity index (χ4v) is 6.32. The van der Waals surface area contributed by atoms with Crippen molar-refractivity contribution in [2.75, 3.05) is 26.3 Å². The van der Waals surface area contributed by atoms with E-state index < -0.39 is 0 Å². The molecule has 174 valence electrons. The van der Waals surface area contributed by atoms with Gasteiger partial charge in [-0.3, -0.25) is 9.36 Å². The highest BCUT2D eigenvalue weighted by atomic mass is 35.5. The number of amides is 1. The Morgan fingerprint density at radius 3 is 2.64 bits per heavy atom. The van der Waals surface area contributed by atoms with E-state index in [4.69, 9.17) is 16.3 Å². The van der Waals surface area contributed by atoms with Crippen LogP contribution >= 0.6 is 22.9 Å². The minimum atomic E-state index is 0.0916. The van der Waals surface area contributed by atoms with Crippen molar-refractivity contribution in [3.8, 4) is 5.00 Å². The third-order valence-corrected chi connectivity index (χ3v) is 7.90. The molecule has 0 radical (unpaired) electrons. The summed E-state index contributed by atoms with van der Waals surface area (Å²) >= 11 is 7.37. The van der Waals surface area contributed by atoms with Gasteiger partial charge in [0.25, 0.3) is 0 Å². The maximum Gasteiger partial charge on any atom is 0.226 e.